The number of methoxy groups -OCH3 is 1. The molecule has 0 bridgehead atoms. The van der Waals surface area contributed by atoms with Gasteiger partial charge in [0, 0.05) is 36.7 Å². The lowest BCUT2D eigenvalue weighted by molar-refractivity contribution is 0.101. The summed E-state index contributed by atoms with van der Waals surface area (Å²) in [5.41, 5.74) is 0.714. The molecule has 0 atom stereocenters. The van der Waals surface area contributed by atoms with Crippen LogP contribution >= 0.6 is 0 Å². The third-order valence-corrected chi connectivity index (χ3v) is 3.30. The summed E-state index contributed by atoms with van der Waals surface area (Å²) in [5.74, 6) is 3.00. The molecule has 0 saturated heterocycles. The number of rotatable bonds is 4. The first kappa shape index (κ1) is 17.0. The predicted octanol–water partition coefficient (Wildman–Crippen LogP) is 1.45. The highest BCUT2D eigenvalue weighted by Crippen LogP contribution is 2.11. The lowest BCUT2D eigenvalue weighted by Gasteiger charge is -2.01. The van der Waals surface area contributed by atoms with Crippen molar-refractivity contribution in [3.8, 4) is 18.2 Å². The fourth-order valence-corrected chi connectivity index (χ4v) is 2.00. The molecule has 24 heavy (non-hydrogen) atoms. The van der Waals surface area contributed by atoms with E-state index in [1.807, 2.05) is 0 Å². The van der Waals surface area contributed by atoms with Crippen LogP contribution in [0.15, 0.2) is 40.4 Å². The zero-order chi connectivity index (χ0) is 17.7. The van der Waals surface area contributed by atoms with Gasteiger partial charge in [0.05, 0.1) is 12.7 Å². The number of nitrogens with zero attached hydrogens (tertiary/aromatic N) is 3. The second kappa shape index (κ2) is 7.24. The highest BCUT2D eigenvalue weighted by molar-refractivity contribution is 5.98. The standard InChI is InChI=1S/C17H16N4O3/c1-5-12(8-16(18-3)24-4)14-10-20-21(17(14)23)15-7-6-13(9-19-15)11(2)22/h1,6-10,20H,2-4H3/b12-8+,18-16?. The maximum absolute atomic E-state index is 12.6. The van der Waals surface area contributed by atoms with Crippen LogP contribution in [0.3, 0.4) is 0 Å². The first-order valence-corrected chi connectivity index (χ1v) is 6.99. The third-order valence-electron chi connectivity index (χ3n) is 3.30. The molecule has 2 heterocycles. The Morgan fingerprint density at radius 1 is 1.50 bits per heavy atom. The van der Waals surface area contributed by atoms with Gasteiger partial charge in [-0.3, -0.25) is 19.7 Å². The molecule has 2 rings (SSSR count). The zero-order valence-corrected chi connectivity index (χ0v) is 13.5. The van der Waals surface area contributed by atoms with E-state index in [0.717, 1.165) is 0 Å². The SMILES string of the molecule is C#C/C(=C\C(=NC)OC)c1c[nH]n(-c2ccc(C(C)=O)cn2)c1=O. The molecule has 0 radical (unpaired) electrons. The van der Waals surface area contributed by atoms with Crippen molar-refractivity contribution in [1.29, 1.82) is 0 Å². The van der Waals surface area contributed by atoms with Gasteiger partial charge in [-0.1, -0.05) is 5.92 Å². The molecule has 7 nitrogen and oxygen atoms in total. The number of terminal acetylenes is 1. The van der Waals surface area contributed by atoms with Gasteiger partial charge in [0.2, 0.25) is 5.90 Å². The number of carbonyl (C=O) groups excluding carboxylic acids is 1. The summed E-state index contributed by atoms with van der Waals surface area (Å²) >= 11 is 0. The zero-order valence-electron chi connectivity index (χ0n) is 13.5. The second-order valence-corrected chi connectivity index (χ2v) is 4.76. The number of hydrogen-bond acceptors (Lipinski definition) is 5. The molecular formula is C17H16N4O3. The third kappa shape index (κ3) is 3.33. The van der Waals surface area contributed by atoms with Gasteiger partial charge in [0.25, 0.3) is 5.56 Å². The molecule has 0 aromatic carbocycles. The number of nitrogens with one attached hydrogen (secondary N) is 1. The molecule has 0 aliphatic heterocycles. The van der Waals surface area contributed by atoms with Crippen LogP contribution in [0.1, 0.15) is 22.8 Å². The van der Waals surface area contributed by atoms with Crippen LogP contribution in [0, 0.1) is 12.3 Å². The van der Waals surface area contributed by atoms with Crippen molar-refractivity contribution in [2.24, 2.45) is 4.99 Å². The summed E-state index contributed by atoms with van der Waals surface area (Å²) in [5, 5.41) is 2.80. The van der Waals surface area contributed by atoms with E-state index in [9.17, 15) is 9.59 Å². The number of carbonyl (C=O) groups is 1. The highest BCUT2D eigenvalue weighted by atomic mass is 16.5. The highest BCUT2D eigenvalue weighted by Gasteiger charge is 2.13. The molecule has 0 fully saturated rings. The van der Waals surface area contributed by atoms with Gasteiger partial charge >= 0.3 is 0 Å². The van der Waals surface area contributed by atoms with E-state index in [2.05, 4.69) is 21.0 Å². The van der Waals surface area contributed by atoms with Crippen molar-refractivity contribution in [1.82, 2.24) is 14.8 Å². The number of hydrogen-bond donors (Lipinski definition) is 1. The number of aliphatic imine (C=N–C) groups is 1. The van der Waals surface area contributed by atoms with Gasteiger partial charge in [-0.05, 0) is 19.1 Å². The molecule has 0 saturated carbocycles. The molecule has 0 aliphatic carbocycles. The molecule has 2 aromatic rings. The first-order valence-electron chi connectivity index (χ1n) is 6.99. The number of pyridine rings is 1. The maximum atomic E-state index is 12.6. The van der Waals surface area contributed by atoms with Crippen LogP contribution in [0.5, 0.6) is 0 Å². The topological polar surface area (TPSA) is 89.3 Å². The molecule has 0 amide bonds. The van der Waals surface area contributed by atoms with Gasteiger partial charge in [0.1, 0.15) is 0 Å². The van der Waals surface area contributed by atoms with Crippen molar-refractivity contribution in [3.05, 3.63) is 52.1 Å². The normalized spacial score (nSPS) is 11.9. The fraction of sp³-hybridized carbons (Fsp3) is 0.176. The maximum Gasteiger partial charge on any atom is 0.281 e. The smallest absolute Gasteiger partial charge is 0.281 e. The monoisotopic (exact) mass is 324 g/mol. The van der Waals surface area contributed by atoms with Crippen LogP contribution < -0.4 is 5.56 Å². The van der Waals surface area contributed by atoms with Crippen molar-refractivity contribution in [2.45, 2.75) is 6.92 Å². The average molecular weight is 324 g/mol. The largest absolute Gasteiger partial charge is 0.481 e. The molecule has 122 valence electrons. The van der Waals surface area contributed by atoms with Crippen LogP contribution in [0.4, 0.5) is 0 Å². The minimum atomic E-state index is -0.367. The summed E-state index contributed by atoms with van der Waals surface area (Å²) in [6, 6.07) is 3.17. The van der Waals surface area contributed by atoms with Gasteiger partial charge in [-0.15, -0.1) is 6.42 Å². The fourth-order valence-electron chi connectivity index (χ4n) is 2.00. The predicted molar refractivity (Wildman–Crippen MR) is 91.4 cm³/mol. The number of aromatic nitrogens is 3. The van der Waals surface area contributed by atoms with Gasteiger partial charge in [-0.2, -0.15) is 0 Å². The number of ketones is 1. The summed E-state index contributed by atoms with van der Waals surface area (Å²) < 4.78 is 6.27. The number of ether oxygens (including phenoxy) is 1. The van der Waals surface area contributed by atoms with Crippen LogP contribution in [0.2, 0.25) is 0 Å². The summed E-state index contributed by atoms with van der Waals surface area (Å²) in [6.07, 6.45) is 9.89. The van der Waals surface area contributed by atoms with E-state index in [-0.39, 0.29) is 16.9 Å². The molecule has 0 spiro atoms. The van der Waals surface area contributed by atoms with E-state index in [0.29, 0.717) is 22.9 Å². The quantitative estimate of drug-likeness (QED) is 0.399. The Bertz CT molecular complexity index is 909. The van der Waals surface area contributed by atoms with E-state index < -0.39 is 0 Å². The molecule has 2 aromatic heterocycles. The van der Waals surface area contributed by atoms with Gasteiger partial charge in [0.15, 0.2) is 11.6 Å². The van der Waals surface area contributed by atoms with Crippen LogP contribution in [-0.2, 0) is 4.74 Å². The molecular weight excluding hydrogens is 308 g/mol. The summed E-state index contributed by atoms with van der Waals surface area (Å²) in [7, 11) is 3.02. The van der Waals surface area contributed by atoms with E-state index in [1.54, 1.807) is 19.2 Å². The van der Waals surface area contributed by atoms with E-state index >= 15 is 0 Å². The number of allylic oxidation sites excluding steroid dienone is 1. The summed E-state index contributed by atoms with van der Waals surface area (Å²) in [6.45, 7) is 1.45. The van der Waals surface area contributed by atoms with E-state index in [4.69, 9.17) is 11.2 Å². The Labute approximate surface area is 138 Å². The Balaban J connectivity index is 2.46. The molecule has 0 aliphatic rings. The van der Waals surface area contributed by atoms with Crippen molar-refractivity contribution in [2.75, 3.05) is 14.2 Å². The van der Waals surface area contributed by atoms with Crippen molar-refractivity contribution < 1.29 is 9.53 Å². The minimum Gasteiger partial charge on any atom is -0.481 e. The van der Waals surface area contributed by atoms with Crippen LogP contribution in [-0.4, -0.2) is 40.6 Å². The lowest BCUT2D eigenvalue weighted by Crippen LogP contribution is -2.18. The second-order valence-electron chi connectivity index (χ2n) is 4.76. The Morgan fingerprint density at radius 3 is 2.75 bits per heavy atom. The number of aromatic amines is 1. The van der Waals surface area contributed by atoms with Gasteiger partial charge in [-0.25, -0.2) is 9.67 Å². The van der Waals surface area contributed by atoms with Crippen molar-refractivity contribution >= 4 is 17.3 Å². The number of H-pyrrole nitrogens is 1. The Kier molecular flexibility index (Phi) is 5.12. The minimum absolute atomic E-state index is 0.0999. The molecule has 0 unspecified atom stereocenters. The Morgan fingerprint density at radius 2 is 2.25 bits per heavy atom. The van der Waals surface area contributed by atoms with Gasteiger partial charge < -0.3 is 4.74 Å². The Hall–Kier alpha value is -3.40. The molecule has 1 N–H and O–H groups in total. The number of Topliss-reactive ketones (excluding diaryl/α,β-unsaturated/α-hetero) is 1. The average Bonchev–Trinajstić information content (AvgIpc) is 2.98. The summed E-state index contributed by atoms with van der Waals surface area (Å²) in [4.78, 5) is 31.9. The molecule has 7 heteroatoms. The van der Waals surface area contributed by atoms with Crippen molar-refractivity contribution in [3.63, 3.8) is 0 Å². The van der Waals surface area contributed by atoms with Crippen LogP contribution in [0.25, 0.3) is 11.4 Å². The van der Waals surface area contributed by atoms with E-state index in [1.165, 1.54) is 37.2 Å². The lowest BCUT2D eigenvalue weighted by atomic mass is 10.1. The first-order chi connectivity index (χ1) is 11.5.